The first kappa shape index (κ1) is 10.2. The first-order valence-electron chi connectivity index (χ1n) is 5.60. The van der Waals surface area contributed by atoms with Gasteiger partial charge in [-0.2, -0.15) is 0 Å². The second-order valence-electron chi connectivity index (χ2n) is 4.50. The van der Waals surface area contributed by atoms with Crippen LogP contribution in [0.3, 0.4) is 0 Å². The van der Waals surface area contributed by atoms with Crippen molar-refractivity contribution in [3.8, 4) is 0 Å². The molecular weight excluding hydrogens is 222 g/mol. The largest absolute Gasteiger partial charge is 0.370 e. The normalized spacial score (nSPS) is 24.7. The van der Waals surface area contributed by atoms with Crippen LogP contribution in [0.1, 0.15) is 31.2 Å². The third kappa shape index (κ3) is 1.45. The number of aromatic nitrogens is 1. The number of ether oxygens (including phenoxy) is 1. The van der Waals surface area contributed by atoms with Crippen molar-refractivity contribution in [2.45, 2.75) is 32.5 Å². The number of aromatic amines is 1. The van der Waals surface area contributed by atoms with Crippen LogP contribution in [0.15, 0.2) is 18.2 Å². The second-order valence-corrected chi connectivity index (χ2v) is 4.94. The third-order valence-electron chi connectivity index (χ3n) is 3.22. The Bertz CT molecular complexity index is 546. The molecule has 16 heavy (non-hydrogen) atoms. The summed E-state index contributed by atoms with van der Waals surface area (Å²) in [5, 5.41) is 1.97. The predicted octanol–water partition coefficient (Wildman–Crippen LogP) is 3.84. The maximum atomic E-state index is 6.04. The molecule has 1 aromatic heterocycles. The van der Waals surface area contributed by atoms with Crippen molar-refractivity contribution < 1.29 is 4.74 Å². The molecule has 0 aliphatic carbocycles. The van der Waals surface area contributed by atoms with Gasteiger partial charge in [0, 0.05) is 33.6 Å². The first-order chi connectivity index (χ1) is 7.65. The van der Waals surface area contributed by atoms with E-state index >= 15 is 0 Å². The van der Waals surface area contributed by atoms with E-state index in [4.69, 9.17) is 16.3 Å². The summed E-state index contributed by atoms with van der Waals surface area (Å²) in [5.41, 5.74) is 3.72. The molecule has 2 heterocycles. The molecule has 1 aliphatic heterocycles. The molecule has 2 atom stereocenters. The van der Waals surface area contributed by atoms with Crippen LogP contribution in [0, 0.1) is 0 Å². The number of halogens is 1. The van der Waals surface area contributed by atoms with Gasteiger partial charge >= 0.3 is 0 Å². The van der Waals surface area contributed by atoms with Gasteiger partial charge in [-0.05, 0) is 32.0 Å². The van der Waals surface area contributed by atoms with E-state index in [0.29, 0.717) is 0 Å². The SMILES string of the molecule is CC1Cc2[nH]c3ccc(Cl)cc3c2C(C)O1. The van der Waals surface area contributed by atoms with Crippen LogP contribution in [0.2, 0.25) is 5.02 Å². The van der Waals surface area contributed by atoms with E-state index in [0.717, 1.165) is 17.0 Å². The van der Waals surface area contributed by atoms with E-state index in [1.54, 1.807) is 0 Å². The Kier molecular flexibility index (Phi) is 2.23. The minimum absolute atomic E-state index is 0.144. The van der Waals surface area contributed by atoms with Gasteiger partial charge in [0.2, 0.25) is 0 Å². The standard InChI is InChI=1S/C13H14ClNO/c1-7-5-12-13(8(2)16-7)10-6-9(14)3-4-11(10)15-12/h3-4,6-8,15H,5H2,1-2H3. The molecule has 0 bridgehead atoms. The summed E-state index contributed by atoms with van der Waals surface area (Å²) in [4.78, 5) is 3.47. The molecule has 2 nitrogen and oxygen atoms in total. The lowest BCUT2D eigenvalue weighted by atomic mass is 10.00. The van der Waals surface area contributed by atoms with Gasteiger partial charge in [-0.3, -0.25) is 0 Å². The molecule has 2 unspecified atom stereocenters. The minimum Gasteiger partial charge on any atom is -0.370 e. The summed E-state index contributed by atoms with van der Waals surface area (Å²) >= 11 is 6.04. The number of nitrogens with one attached hydrogen (secondary N) is 1. The number of rotatable bonds is 0. The lowest BCUT2D eigenvalue weighted by Gasteiger charge is -2.25. The van der Waals surface area contributed by atoms with Gasteiger partial charge in [-0.15, -0.1) is 0 Å². The molecule has 0 spiro atoms. The summed E-state index contributed by atoms with van der Waals surface area (Å²) in [5.74, 6) is 0. The van der Waals surface area contributed by atoms with Crippen molar-refractivity contribution in [1.82, 2.24) is 4.98 Å². The van der Waals surface area contributed by atoms with Gasteiger partial charge < -0.3 is 9.72 Å². The fourth-order valence-electron chi connectivity index (χ4n) is 2.62. The van der Waals surface area contributed by atoms with Crippen molar-refractivity contribution in [3.05, 3.63) is 34.5 Å². The Morgan fingerprint density at radius 2 is 2.19 bits per heavy atom. The smallest absolute Gasteiger partial charge is 0.0824 e. The molecule has 84 valence electrons. The zero-order valence-electron chi connectivity index (χ0n) is 9.38. The van der Waals surface area contributed by atoms with Crippen LogP contribution in [0.5, 0.6) is 0 Å². The molecular formula is C13H14ClNO. The summed E-state index contributed by atoms with van der Waals surface area (Å²) in [6, 6.07) is 5.97. The Hall–Kier alpha value is -0.990. The highest BCUT2D eigenvalue weighted by atomic mass is 35.5. The average molecular weight is 236 g/mol. The number of H-pyrrole nitrogens is 1. The average Bonchev–Trinajstić information content (AvgIpc) is 2.54. The van der Waals surface area contributed by atoms with Gasteiger partial charge in [0.25, 0.3) is 0 Å². The highest BCUT2D eigenvalue weighted by Gasteiger charge is 2.25. The summed E-state index contributed by atoms with van der Waals surface area (Å²) in [7, 11) is 0. The molecule has 0 saturated heterocycles. The molecule has 2 aromatic rings. The fourth-order valence-corrected chi connectivity index (χ4v) is 2.79. The number of hydrogen-bond acceptors (Lipinski definition) is 1. The maximum Gasteiger partial charge on any atom is 0.0824 e. The van der Waals surface area contributed by atoms with Crippen molar-refractivity contribution in [2.75, 3.05) is 0 Å². The molecule has 0 radical (unpaired) electrons. The van der Waals surface area contributed by atoms with Crippen LogP contribution in [0.25, 0.3) is 10.9 Å². The van der Waals surface area contributed by atoms with Gasteiger partial charge in [0.15, 0.2) is 0 Å². The maximum absolute atomic E-state index is 6.04. The van der Waals surface area contributed by atoms with Crippen LogP contribution in [-0.2, 0) is 11.2 Å². The Morgan fingerprint density at radius 1 is 1.38 bits per heavy atom. The monoisotopic (exact) mass is 235 g/mol. The number of hydrogen-bond donors (Lipinski definition) is 1. The summed E-state index contributed by atoms with van der Waals surface area (Å²) in [6.45, 7) is 4.21. The molecule has 3 rings (SSSR count). The van der Waals surface area contributed by atoms with Crippen molar-refractivity contribution in [2.24, 2.45) is 0 Å². The zero-order valence-corrected chi connectivity index (χ0v) is 10.1. The molecule has 0 amide bonds. The molecule has 0 fully saturated rings. The molecule has 1 aliphatic rings. The van der Waals surface area contributed by atoms with E-state index in [1.165, 1.54) is 16.6 Å². The van der Waals surface area contributed by atoms with Crippen LogP contribution in [-0.4, -0.2) is 11.1 Å². The number of fused-ring (bicyclic) bond motifs is 3. The topological polar surface area (TPSA) is 25.0 Å². The van der Waals surface area contributed by atoms with Crippen molar-refractivity contribution in [3.63, 3.8) is 0 Å². The number of benzene rings is 1. The van der Waals surface area contributed by atoms with Crippen molar-refractivity contribution >= 4 is 22.5 Å². The Morgan fingerprint density at radius 3 is 3.00 bits per heavy atom. The minimum atomic E-state index is 0.144. The molecule has 1 aromatic carbocycles. The van der Waals surface area contributed by atoms with Gasteiger partial charge in [0.1, 0.15) is 0 Å². The third-order valence-corrected chi connectivity index (χ3v) is 3.45. The van der Waals surface area contributed by atoms with Gasteiger partial charge in [-0.1, -0.05) is 11.6 Å². The Labute approximate surface area is 99.6 Å². The van der Waals surface area contributed by atoms with E-state index in [9.17, 15) is 0 Å². The fraction of sp³-hybridized carbons (Fsp3) is 0.385. The molecule has 3 heteroatoms. The molecule has 1 N–H and O–H groups in total. The van der Waals surface area contributed by atoms with Gasteiger partial charge in [0.05, 0.1) is 12.2 Å². The quantitative estimate of drug-likeness (QED) is 0.737. The highest BCUT2D eigenvalue weighted by molar-refractivity contribution is 6.31. The van der Waals surface area contributed by atoms with Crippen LogP contribution >= 0.6 is 11.6 Å². The highest BCUT2D eigenvalue weighted by Crippen LogP contribution is 2.36. The Balaban J connectivity index is 2.27. The van der Waals surface area contributed by atoms with Crippen LogP contribution < -0.4 is 0 Å². The van der Waals surface area contributed by atoms with Crippen molar-refractivity contribution in [1.29, 1.82) is 0 Å². The van der Waals surface area contributed by atoms with E-state index in [-0.39, 0.29) is 12.2 Å². The van der Waals surface area contributed by atoms with E-state index < -0.39 is 0 Å². The lowest BCUT2D eigenvalue weighted by Crippen LogP contribution is -2.21. The van der Waals surface area contributed by atoms with E-state index in [1.807, 2.05) is 18.2 Å². The summed E-state index contributed by atoms with van der Waals surface area (Å²) in [6.07, 6.45) is 1.38. The van der Waals surface area contributed by atoms with E-state index in [2.05, 4.69) is 18.8 Å². The second kappa shape index (κ2) is 3.51. The zero-order chi connectivity index (χ0) is 11.3. The lowest BCUT2D eigenvalue weighted by molar-refractivity contribution is -0.00436. The predicted molar refractivity (Wildman–Crippen MR) is 66.0 cm³/mol. The first-order valence-corrected chi connectivity index (χ1v) is 5.98. The van der Waals surface area contributed by atoms with Gasteiger partial charge in [-0.25, -0.2) is 0 Å². The molecule has 0 saturated carbocycles. The van der Waals surface area contributed by atoms with Crippen LogP contribution in [0.4, 0.5) is 0 Å². The summed E-state index contributed by atoms with van der Waals surface area (Å²) < 4.78 is 5.86.